The van der Waals surface area contributed by atoms with E-state index >= 15 is 0 Å². The van der Waals surface area contributed by atoms with Crippen molar-refractivity contribution in [3.05, 3.63) is 12.2 Å². The van der Waals surface area contributed by atoms with Gasteiger partial charge in [0.25, 0.3) is 0 Å². The van der Waals surface area contributed by atoms with Crippen molar-refractivity contribution in [3.8, 4) is 0 Å². The summed E-state index contributed by atoms with van der Waals surface area (Å²) >= 11 is 0. The summed E-state index contributed by atoms with van der Waals surface area (Å²) in [4.78, 5) is 14.3. The van der Waals surface area contributed by atoms with Crippen molar-refractivity contribution >= 4 is 6.03 Å². The third-order valence-corrected chi connectivity index (χ3v) is 5.13. The molecule has 2 aliphatic heterocycles. The van der Waals surface area contributed by atoms with Crippen LogP contribution in [0.15, 0.2) is 12.2 Å². The maximum absolute atomic E-state index is 12.3. The second-order valence-corrected chi connectivity index (χ2v) is 7.19. The zero-order valence-corrected chi connectivity index (χ0v) is 13.7. The lowest BCUT2D eigenvalue weighted by Crippen LogP contribution is -2.41. The molecule has 0 bridgehead atoms. The molecule has 0 aromatic heterocycles. The largest absolute Gasteiger partial charge is 0.348 e. The first kappa shape index (κ1) is 15.8. The minimum atomic E-state index is -0.474. The molecule has 0 saturated carbocycles. The number of rotatable bonds is 4. The quantitative estimate of drug-likeness (QED) is 0.811. The molecule has 0 aromatic rings. The Kier molecular flexibility index (Phi) is 4.73. The van der Waals surface area contributed by atoms with Gasteiger partial charge in [0.15, 0.2) is 5.79 Å². The molecule has 1 aliphatic carbocycles. The molecule has 0 radical (unpaired) electrons. The van der Waals surface area contributed by atoms with E-state index in [9.17, 15) is 4.79 Å². The van der Waals surface area contributed by atoms with Crippen LogP contribution < -0.4 is 5.32 Å². The fourth-order valence-corrected chi connectivity index (χ4v) is 3.93. The number of hydrogen-bond acceptors (Lipinski definition) is 3. The second kappa shape index (κ2) is 6.59. The summed E-state index contributed by atoms with van der Waals surface area (Å²) in [5, 5.41) is 3.08. The number of hydrogen-bond donors (Lipinski definition) is 1. The Labute approximate surface area is 133 Å². The van der Waals surface area contributed by atoms with Gasteiger partial charge in [0.05, 0.1) is 13.2 Å². The second-order valence-electron chi connectivity index (χ2n) is 7.19. The Bertz CT molecular complexity index is 416. The molecule has 22 heavy (non-hydrogen) atoms. The molecule has 3 atom stereocenters. The van der Waals surface area contributed by atoms with Gasteiger partial charge in [-0.25, -0.2) is 4.79 Å². The highest BCUT2D eigenvalue weighted by atomic mass is 16.7. The first-order valence-electron chi connectivity index (χ1n) is 8.51. The fourth-order valence-electron chi connectivity index (χ4n) is 3.93. The Balaban J connectivity index is 1.41. The van der Waals surface area contributed by atoms with Gasteiger partial charge < -0.3 is 19.7 Å². The molecule has 5 heteroatoms. The first-order chi connectivity index (χ1) is 10.6. The lowest BCUT2D eigenvalue weighted by molar-refractivity contribution is -0.153. The van der Waals surface area contributed by atoms with Gasteiger partial charge in [0, 0.05) is 26.1 Å². The molecule has 2 saturated heterocycles. The molecule has 124 valence electrons. The van der Waals surface area contributed by atoms with E-state index in [0.717, 1.165) is 32.4 Å². The number of amides is 2. The van der Waals surface area contributed by atoms with Crippen LogP contribution in [-0.4, -0.2) is 49.6 Å². The molecule has 1 N–H and O–H groups in total. The molecule has 5 nitrogen and oxygen atoms in total. The van der Waals surface area contributed by atoms with E-state index in [4.69, 9.17) is 9.47 Å². The third kappa shape index (κ3) is 3.63. The average Bonchev–Trinajstić information content (AvgIpc) is 3.10. The van der Waals surface area contributed by atoms with Crippen LogP contribution in [0.2, 0.25) is 0 Å². The highest BCUT2D eigenvalue weighted by molar-refractivity contribution is 5.74. The van der Waals surface area contributed by atoms with E-state index in [-0.39, 0.29) is 6.03 Å². The lowest BCUT2D eigenvalue weighted by atomic mass is 9.86. The Hall–Kier alpha value is -1.07. The van der Waals surface area contributed by atoms with Crippen LogP contribution in [0.5, 0.6) is 0 Å². The van der Waals surface area contributed by atoms with Crippen LogP contribution in [0.4, 0.5) is 4.79 Å². The van der Waals surface area contributed by atoms with E-state index < -0.39 is 5.79 Å². The van der Waals surface area contributed by atoms with E-state index in [2.05, 4.69) is 24.4 Å². The van der Waals surface area contributed by atoms with Gasteiger partial charge in [0.1, 0.15) is 0 Å². The number of nitrogens with one attached hydrogen (secondary N) is 1. The number of ether oxygens (including phenoxy) is 2. The predicted molar refractivity (Wildman–Crippen MR) is 84.4 cm³/mol. The lowest BCUT2D eigenvalue weighted by Gasteiger charge is -2.26. The predicted octanol–water partition coefficient (Wildman–Crippen LogP) is 2.38. The van der Waals surface area contributed by atoms with Gasteiger partial charge in [-0.15, -0.1) is 0 Å². The van der Waals surface area contributed by atoms with Crippen LogP contribution in [0.3, 0.4) is 0 Å². The van der Waals surface area contributed by atoms with Crippen molar-refractivity contribution in [3.63, 3.8) is 0 Å². The SMILES string of the molecule is C[C@H](CNC(=O)N1C[C@H]2CC=CC[C@H]2C1)CC1(C)OCCO1. The van der Waals surface area contributed by atoms with Crippen LogP contribution in [0.25, 0.3) is 0 Å². The third-order valence-electron chi connectivity index (χ3n) is 5.13. The van der Waals surface area contributed by atoms with E-state index in [0.29, 0.717) is 37.5 Å². The van der Waals surface area contributed by atoms with Gasteiger partial charge in [0.2, 0.25) is 0 Å². The van der Waals surface area contributed by atoms with Gasteiger partial charge >= 0.3 is 6.03 Å². The minimum Gasteiger partial charge on any atom is -0.348 e. The fraction of sp³-hybridized carbons (Fsp3) is 0.824. The van der Waals surface area contributed by atoms with Crippen LogP contribution >= 0.6 is 0 Å². The normalized spacial score (nSPS) is 31.1. The summed E-state index contributed by atoms with van der Waals surface area (Å²) < 4.78 is 11.3. The highest BCUT2D eigenvalue weighted by Gasteiger charge is 2.36. The average molecular weight is 308 g/mol. The van der Waals surface area contributed by atoms with Crippen LogP contribution in [0, 0.1) is 17.8 Å². The smallest absolute Gasteiger partial charge is 0.317 e. The summed E-state index contributed by atoms with van der Waals surface area (Å²) in [5.41, 5.74) is 0. The van der Waals surface area contributed by atoms with Crippen molar-refractivity contribution in [2.45, 2.75) is 38.9 Å². The highest BCUT2D eigenvalue weighted by Crippen LogP contribution is 2.32. The minimum absolute atomic E-state index is 0.0830. The van der Waals surface area contributed by atoms with Crippen LogP contribution in [0.1, 0.15) is 33.1 Å². The van der Waals surface area contributed by atoms with Gasteiger partial charge in [-0.2, -0.15) is 0 Å². The van der Waals surface area contributed by atoms with Crippen molar-refractivity contribution < 1.29 is 14.3 Å². The Morgan fingerprint density at radius 1 is 1.27 bits per heavy atom. The molecular formula is C17H28N2O3. The number of urea groups is 1. The monoisotopic (exact) mass is 308 g/mol. The summed E-state index contributed by atoms with van der Waals surface area (Å²) in [7, 11) is 0. The summed E-state index contributed by atoms with van der Waals surface area (Å²) in [5.74, 6) is 1.18. The van der Waals surface area contributed by atoms with Gasteiger partial charge in [-0.1, -0.05) is 19.1 Å². The maximum atomic E-state index is 12.3. The van der Waals surface area contributed by atoms with Crippen molar-refractivity contribution in [2.24, 2.45) is 17.8 Å². The number of allylic oxidation sites excluding steroid dienone is 2. The van der Waals surface area contributed by atoms with E-state index in [1.54, 1.807) is 0 Å². The number of likely N-dealkylation sites (tertiary alicyclic amines) is 1. The first-order valence-corrected chi connectivity index (χ1v) is 8.51. The van der Waals surface area contributed by atoms with Crippen molar-refractivity contribution in [2.75, 3.05) is 32.8 Å². The van der Waals surface area contributed by atoms with Crippen LogP contribution in [-0.2, 0) is 9.47 Å². The van der Waals surface area contributed by atoms with E-state index in [1.807, 2.05) is 11.8 Å². The zero-order chi connectivity index (χ0) is 15.6. The van der Waals surface area contributed by atoms with Crippen molar-refractivity contribution in [1.29, 1.82) is 0 Å². The summed E-state index contributed by atoms with van der Waals surface area (Å²) in [6.07, 6.45) is 7.57. The summed E-state index contributed by atoms with van der Waals surface area (Å²) in [6, 6.07) is 0.0830. The standard InChI is InChI=1S/C17H28N2O3/c1-13(9-17(2)21-7-8-22-17)10-18-16(20)19-11-14-5-3-4-6-15(14)12-19/h3-4,13-15H,5-12H2,1-2H3,(H,18,20)/t13-,14-,15+/m0/s1. The molecular weight excluding hydrogens is 280 g/mol. The molecule has 2 amide bonds. The molecule has 0 unspecified atom stereocenters. The van der Waals surface area contributed by atoms with Gasteiger partial charge in [-0.05, 0) is 37.5 Å². The summed E-state index contributed by atoms with van der Waals surface area (Å²) in [6.45, 7) is 7.92. The molecule has 2 fully saturated rings. The number of nitrogens with zero attached hydrogens (tertiary/aromatic N) is 1. The zero-order valence-electron chi connectivity index (χ0n) is 13.7. The molecule has 3 aliphatic rings. The van der Waals surface area contributed by atoms with Gasteiger partial charge in [-0.3, -0.25) is 0 Å². The molecule has 3 rings (SSSR count). The number of carbonyl (C=O) groups excluding carboxylic acids is 1. The molecule has 0 aromatic carbocycles. The van der Waals surface area contributed by atoms with E-state index in [1.165, 1.54) is 0 Å². The number of fused-ring (bicyclic) bond motifs is 1. The Morgan fingerprint density at radius 2 is 1.86 bits per heavy atom. The number of carbonyl (C=O) groups is 1. The Morgan fingerprint density at radius 3 is 2.45 bits per heavy atom. The maximum Gasteiger partial charge on any atom is 0.317 e. The van der Waals surface area contributed by atoms with Crippen molar-refractivity contribution in [1.82, 2.24) is 10.2 Å². The molecule has 2 heterocycles. The molecule has 0 spiro atoms. The topological polar surface area (TPSA) is 50.8 Å².